The van der Waals surface area contributed by atoms with Gasteiger partial charge in [-0.25, -0.2) is 0 Å². The molecular weight excluding hydrogens is 258 g/mol. The first-order valence-electron chi connectivity index (χ1n) is 6.79. The van der Waals surface area contributed by atoms with Crippen LogP contribution in [0.3, 0.4) is 0 Å². The van der Waals surface area contributed by atoms with Crippen LogP contribution in [-0.2, 0) is 6.54 Å². The minimum atomic E-state index is 0.642. The third-order valence-corrected chi connectivity index (χ3v) is 4.36. The van der Waals surface area contributed by atoms with Crippen LogP contribution in [0.15, 0.2) is 21.9 Å². The number of hydrogen-bond donors (Lipinski definition) is 0. The van der Waals surface area contributed by atoms with E-state index in [1.165, 1.54) is 6.42 Å². The Morgan fingerprint density at radius 3 is 2.79 bits per heavy atom. The summed E-state index contributed by atoms with van der Waals surface area (Å²) in [5.74, 6) is 2.87. The van der Waals surface area contributed by atoms with Crippen LogP contribution in [0.25, 0.3) is 10.8 Å². The van der Waals surface area contributed by atoms with Crippen LogP contribution in [0.1, 0.15) is 26.2 Å². The zero-order chi connectivity index (χ0) is 13.2. The maximum atomic E-state index is 5.75. The van der Waals surface area contributed by atoms with Gasteiger partial charge in [0.05, 0.1) is 11.4 Å². The fourth-order valence-corrected chi connectivity index (χ4v) is 3.57. The van der Waals surface area contributed by atoms with Crippen molar-refractivity contribution in [2.24, 2.45) is 11.8 Å². The zero-order valence-corrected chi connectivity index (χ0v) is 12.2. The van der Waals surface area contributed by atoms with Gasteiger partial charge in [-0.15, -0.1) is 21.5 Å². The number of hydrogen-bond acceptors (Lipinski definition) is 5. The normalized spacial score (nSPS) is 24.7. The summed E-state index contributed by atoms with van der Waals surface area (Å²) in [6, 6.07) is 4.00. The van der Waals surface area contributed by atoms with Crippen LogP contribution >= 0.6 is 11.3 Å². The van der Waals surface area contributed by atoms with Crippen molar-refractivity contribution in [1.82, 2.24) is 15.1 Å². The largest absolute Gasteiger partial charge is 0.419 e. The van der Waals surface area contributed by atoms with Gasteiger partial charge >= 0.3 is 0 Å². The molecule has 2 aromatic heterocycles. The molecule has 0 amide bonds. The number of piperidine rings is 1. The third kappa shape index (κ3) is 3.04. The Morgan fingerprint density at radius 2 is 2.11 bits per heavy atom. The Labute approximate surface area is 117 Å². The second-order valence-corrected chi connectivity index (χ2v) is 6.57. The van der Waals surface area contributed by atoms with E-state index >= 15 is 0 Å². The molecule has 0 saturated carbocycles. The van der Waals surface area contributed by atoms with E-state index in [2.05, 4.69) is 28.9 Å². The minimum Gasteiger partial charge on any atom is -0.419 e. The molecule has 5 heteroatoms. The van der Waals surface area contributed by atoms with Crippen molar-refractivity contribution in [3.8, 4) is 10.8 Å². The summed E-state index contributed by atoms with van der Waals surface area (Å²) in [4.78, 5) is 3.46. The molecule has 0 radical (unpaired) electrons. The molecule has 0 spiro atoms. The smallest absolute Gasteiger partial charge is 0.257 e. The lowest BCUT2D eigenvalue weighted by molar-refractivity contribution is 0.124. The molecular formula is C14H19N3OS. The van der Waals surface area contributed by atoms with Crippen LogP contribution in [0.4, 0.5) is 0 Å². The minimum absolute atomic E-state index is 0.642. The first-order chi connectivity index (χ1) is 9.20. The first kappa shape index (κ1) is 12.8. The van der Waals surface area contributed by atoms with E-state index in [1.54, 1.807) is 11.3 Å². The Bertz CT molecular complexity index is 513. The zero-order valence-electron chi connectivity index (χ0n) is 11.4. The van der Waals surface area contributed by atoms with E-state index < -0.39 is 0 Å². The van der Waals surface area contributed by atoms with Gasteiger partial charge in [-0.1, -0.05) is 19.9 Å². The van der Waals surface area contributed by atoms with Crippen molar-refractivity contribution in [3.05, 3.63) is 23.4 Å². The van der Waals surface area contributed by atoms with Gasteiger partial charge in [0.1, 0.15) is 0 Å². The van der Waals surface area contributed by atoms with Crippen molar-refractivity contribution in [1.29, 1.82) is 0 Å². The lowest BCUT2D eigenvalue weighted by atomic mass is 9.92. The molecule has 2 atom stereocenters. The molecule has 2 unspecified atom stereocenters. The molecule has 1 fully saturated rings. The van der Waals surface area contributed by atoms with E-state index in [4.69, 9.17) is 4.42 Å². The molecule has 1 saturated heterocycles. The highest BCUT2D eigenvalue weighted by Gasteiger charge is 2.23. The van der Waals surface area contributed by atoms with Crippen molar-refractivity contribution < 1.29 is 4.42 Å². The summed E-state index contributed by atoms with van der Waals surface area (Å²) in [5, 5.41) is 10.3. The first-order valence-corrected chi connectivity index (χ1v) is 7.67. The average molecular weight is 277 g/mol. The molecule has 2 aromatic rings. The molecule has 0 aliphatic carbocycles. The molecule has 0 bridgehead atoms. The number of rotatable bonds is 3. The van der Waals surface area contributed by atoms with Crippen LogP contribution in [0.2, 0.25) is 0 Å². The lowest BCUT2D eigenvalue weighted by Crippen LogP contribution is -2.38. The van der Waals surface area contributed by atoms with Gasteiger partial charge in [-0.3, -0.25) is 4.90 Å². The van der Waals surface area contributed by atoms with Crippen molar-refractivity contribution >= 4 is 11.3 Å². The summed E-state index contributed by atoms with van der Waals surface area (Å²) in [6.45, 7) is 7.65. The topological polar surface area (TPSA) is 42.2 Å². The molecule has 1 aliphatic rings. The van der Waals surface area contributed by atoms with E-state index in [0.717, 1.165) is 42.2 Å². The fourth-order valence-electron chi connectivity index (χ4n) is 2.93. The molecule has 19 heavy (non-hydrogen) atoms. The Kier molecular flexibility index (Phi) is 3.66. The van der Waals surface area contributed by atoms with Gasteiger partial charge in [0.15, 0.2) is 0 Å². The fraction of sp³-hybridized carbons (Fsp3) is 0.571. The maximum Gasteiger partial charge on any atom is 0.257 e. The Balaban J connectivity index is 1.67. The summed E-state index contributed by atoms with van der Waals surface area (Å²) < 4.78 is 5.75. The molecule has 0 N–H and O–H groups in total. The third-order valence-electron chi connectivity index (χ3n) is 3.50. The van der Waals surface area contributed by atoms with Gasteiger partial charge in [-0.05, 0) is 29.7 Å². The van der Waals surface area contributed by atoms with Crippen molar-refractivity contribution in [2.75, 3.05) is 13.1 Å². The van der Waals surface area contributed by atoms with Gasteiger partial charge in [0.2, 0.25) is 5.89 Å². The van der Waals surface area contributed by atoms with Crippen molar-refractivity contribution in [2.45, 2.75) is 26.8 Å². The predicted octanol–water partition coefficient (Wildman–Crippen LogP) is 3.28. The highest BCUT2D eigenvalue weighted by molar-refractivity contribution is 7.13. The second kappa shape index (κ2) is 5.43. The highest BCUT2D eigenvalue weighted by Crippen LogP contribution is 2.25. The summed E-state index contributed by atoms with van der Waals surface area (Å²) >= 11 is 1.63. The molecule has 4 nitrogen and oxygen atoms in total. The van der Waals surface area contributed by atoms with Gasteiger partial charge < -0.3 is 4.42 Å². The van der Waals surface area contributed by atoms with E-state index in [-0.39, 0.29) is 0 Å². The predicted molar refractivity (Wildman–Crippen MR) is 75.8 cm³/mol. The number of likely N-dealkylation sites (tertiary alicyclic amines) is 1. The van der Waals surface area contributed by atoms with Crippen LogP contribution in [-0.4, -0.2) is 28.2 Å². The second-order valence-electron chi connectivity index (χ2n) is 5.62. The number of thiophene rings is 1. The number of nitrogens with zero attached hydrogens (tertiary/aromatic N) is 3. The van der Waals surface area contributed by atoms with Crippen molar-refractivity contribution in [3.63, 3.8) is 0 Å². The summed E-state index contributed by atoms with van der Waals surface area (Å²) in [7, 11) is 0. The van der Waals surface area contributed by atoms with Crippen LogP contribution in [0, 0.1) is 11.8 Å². The van der Waals surface area contributed by atoms with Gasteiger partial charge in [-0.2, -0.15) is 0 Å². The SMILES string of the molecule is CC1CC(C)CN(Cc2nnc(-c3cccs3)o2)C1. The van der Waals surface area contributed by atoms with E-state index in [1.807, 2.05) is 17.5 Å². The monoisotopic (exact) mass is 277 g/mol. The maximum absolute atomic E-state index is 5.75. The molecule has 1 aliphatic heterocycles. The quantitative estimate of drug-likeness (QED) is 0.863. The lowest BCUT2D eigenvalue weighted by Gasteiger charge is -2.33. The molecule has 0 aromatic carbocycles. The summed E-state index contributed by atoms with van der Waals surface area (Å²) in [6.07, 6.45) is 1.32. The van der Waals surface area contributed by atoms with E-state index in [9.17, 15) is 0 Å². The molecule has 102 valence electrons. The van der Waals surface area contributed by atoms with Gasteiger partial charge in [0.25, 0.3) is 5.89 Å². The van der Waals surface area contributed by atoms with Crippen LogP contribution in [0.5, 0.6) is 0 Å². The Morgan fingerprint density at radius 1 is 1.32 bits per heavy atom. The average Bonchev–Trinajstić information content (AvgIpc) is 2.96. The van der Waals surface area contributed by atoms with E-state index in [0.29, 0.717) is 5.89 Å². The molecule has 3 rings (SSSR count). The number of aromatic nitrogens is 2. The van der Waals surface area contributed by atoms with Gasteiger partial charge in [0, 0.05) is 13.1 Å². The van der Waals surface area contributed by atoms with Crippen LogP contribution < -0.4 is 0 Å². The Hall–Kier alpha value is -1.20. The standard InChI is InChI=1S/C14H19N3OS/c1-10-6-11(2)8-17(7-10)9-13-15-16-14(18-13)12-4-3-5-19-12/h3-5,10-11H,6-9H2,1-2H3. The highest BCUT2D eigenvalue weighted by atomic mass is 32.1. The molecule has 3 heterocycles. The summed E-state index contributed by atoms with van der Waals surface area (Å²) in [5.41, 5.74) is 0.